The standard InChI is InChI=1S/C10H12BrNO3/c1-7-5-14-3-2-12(7)10(13)8-4-9(11)15-6-8/h4,6-7H,2-3,5H2,1H3/t7-/m1/s1. The van der Waals surface area contributed by atoms with Crippen molar-refractivity contribution in [3.8, 4) is 0 Å². The highest BCUT2D eigenvalue weighted by molar-refractivity contribution is 9.10. The van der Waals surface area contributed by atoms with Crippen LogP contribution in [0.2, 0.25) is 0 Å². The Hall–Kier alpha value is -0.810. The van der Waals surface area contributed by atoms with Gasteiger partial charge in [-0.1, -0.05) is 0 Å². The molecule has 15 heavy (non-hydrogen) atoms. The average Bonchev–Trinajstić information content (AvgIpc) is 2.65. The van der Waals surface area contributed by atoms with E-state index in [0.29, 0.717) is 30.0 Å². The summed E-state index contributed by atoms with van der Waals surface area (Å²) in [5, 5.41) is 0. The van der Waals surface area contributed by atoms with E-state index in [2.05, 4.69) is 15.9 Å². The molecule has 0 unspecified atom stereocenters. The van der Waals surface area contributed by atoms with Crippen LogP contribution < -0.4 is 0 Å². The molecule has 1 aromatic heterocycles. The average molecular weight is 274 g/mol. The predicted molar refractivity (Wildman–Crippen MR) is 57.7 cm³/mol. The van der Waals surface area contributed by atoms with Gasteiger partial charge in [-0.05, 0) is 22.9 Å². The highest BCUT2D eigenvalue weighted by Crippen LogP contribution is 2.18. The highest BCUT2D eigenvalue weighted by atomic mass is 79.9. The minimum absolute atomic E-state index is 0.000231. The third-order valence-corrected chi connectivity index (χ3v) is 2.86. The number of hydrogen-bond acceptors (Lipinski definition) is 3. The van der Waals surface area contributed by atoms with Crippen LogP contribution in [0.25, 0.3) is 0 Å². The fourth-order valence-electron chi connectivity index (χ4n) is 1.62. The molecule has 0 spiro atoms. The lowest BCUT2D eigenvalue weighted by atomic mass is 10.2. The number of hydrogen-bond donors (Lipinski definition) is 0. The number of amides is 1. The Morgan fingerprint density at radius 2 is 2.47 bits per heavy atom. The van der Waals surface area contributed by atoms with Gasteiger partial charge in [-0.25, -0.2) is 0 Å². The van der Waals surface area contributed by atoms with E-state index in [-0.39, 0.29) is 11.9 Å². The molecule has 0 saturated carbocycles. The number of carbonyl (C=O) groups is 1. The molecule has 0 bridgehead atoms. The normalized spacial score (nSPS) is 21.7. The van der Waals surface area contributed by atoms with Gasteiger partial charge in [0.2, 0.25) is 0 Å². The van der Waals surface area contributed by atoms with Crippen molar-refractivity contribution in [3.05, 3.63) is 22.6 Å². The number of ether oxygens (including phenoxy) is 1. The molecule has 1 fully saturated rings. The predicted octanol–water partition coefficient (Wildman–Crippen LogP) is 1.90. The summed E-state index contributed by atoms with van der Waals surface area (Å²) >= 11 is 3.18. The van der Waals surface area contributed by atoms with Gasteiger partial charge in [0.05, 0.1) is 24.8 Å². The highest BCUT2D eigenvalue weighted by Gasteiger charge is 2.25. The number of furan rings is 1. The Balaban J connectivity index is 2.13. The molecule has 0 radical (unpaired) electrons. The Labute approximate surface area is 96.3 Å². The molecule has 4 nitrogen and oxygen atoms in total. The number of halogens is 1. The molecule has 82 valence electrons. The Morgan fingerprint density at radius 1 is 1.67 bits per heavy atom. The monoisotopic (exact) mass is 273 g/mol. The molecule has 5 heteroatoms. The van der Waals surface area contributed by atoms with E-state index in [1.165, 1.54) is 6.26 Å². The topological polar surface area (TPSA) is 42.7 Å². The second kappa shape index (κ2) is 4.37. The summed E-state index contributed by atoms with van der Waals surface area (Å²) in [6, 6.07) is 1.81. The first-order valence-electron chi connectivity index (χ1n) is 4.81. The van der Waals surface area contributed by atoms with Crippen molar-refractivity contribution in [1.82, 2.24) is 4.90 Å². The molecule has 0 aromatic carbocycles. The van der Waals surface area contributed by atoms with Gasteiger partial charge in [-0.2, -0.15) is 0 Å². The van der Waals surface area contributed by atoms with Crippen molar-refractivity contribution in [3.63, 3.8) is 0 Å². The lowest BCUT2D eigenvalue weighted by molar-refractivity contribution is 0.00356. The van der Waals surface area contributed by atoms with Crippen LogP contribution in [0.4, 0.5) is 0 Å². The van der Waals surface area contributed by atoms with Crippen molar-refractivity contribution < 1.29 is 13.9 Å². The third-order valence-electron chi connectivity index (χ3n) is 2.44. The van der Waals surface area contributed by atoms with Crippen LogP contribution in [-0.4, -0.2) is 36.6 Å². The zero-order valence-corrected chi connectivity index (χ0v) is 9.99. The lowest BCUT2D eigenvalue weighted by Crippen LogP contribution is -2.47. The first-order valence-corrected chi connectivity index (χ1v) is 5.60. The van der Waals surface area contributed by atoms with E-state index in [4.69, 9.17) is 9.15 Å². The van der Waals surface area contributed by atoms with E-state index >= 15 is 0 Å². The second-order valence-corrected chi connectivity index (χ2v) is 4.34. The fraction of sp³-hybridized carbons (Fsp3) is 0.500. The van der Waals surface area contributed by atoms with Gasteiger partial charge in [0.1, 0.15) is 6.26 Å². The molecule has 1 aliphatic heterocycles. The lowest BCUT2D eigenvalue weighted by Gasteiger charge is -2.32. The van der Waals surface area contributed by atoms with Crippen LogP contribution in [0.1, 0.15) is 17.3 Å². The summed E-state index contributed by atoms with van der Waals surface area (Å²) in [6.45, 7) is 3.83. The van der Waals surface area contributed by atoms with E-state index < -0.39 is 0 Å². The smallest absolute Gasteiger partial charge is 0.257 e. The third kappa shape index (κ3) is 2.23. The minimum Gasteiger partial charge on any atom is -0.457 e. The first kappa shape index (κ1) is 10.7. The second-order valence-electron chi connectivity index (χ2n) is 3.56. The summed E-state index contributed by atoms with van der Waals surface area (Å²) in [5.41, 5.74) is 0.579. The summed E-state index contributed by atoms with van der Waals surface area (Å²) in [4.78, 5) is 13.8. The van der Waals surface area contributed by atoms with E-state index in [1.54, 1.807) is 11.0 Å². The van der Waals surface area contributed by atoms with Gasteiger partial charge in [0, 0.05) is 12.6 Å². The van der Waals surface area contributed by atoms with Crippen molar-refractivity contribution >= 4 is 21.8 Å². The van der Waals surface area contributed by atoms with Crippen LogP contribution in [0.15, 0.2) is 21.4 Å². The summed E-state index contributed by atoms with van der Waals surface area (Å²) in [5.74, 6) is 0.000231. The SMILES string of the molecule is C[C@@H]1COCCN1C(=O)c1coc(Br)c1. The van der Waals surface area contributed by atoms with E-state index in [1.807, 2.05) is 6.92 Å². The molecule has 0 aliphatic carbocycles. The van der Waals surface area contributed by atoms with Gasteiger partial charge < -0.3 is 14.1 Å². The Morgan fingerprint density at radius 3 is 3.07 bits per heavy atom. The van der Waals surface area contributed by atoms with Crippen LogP contribution >= 0.6 is 15.9 Å². The quantitative estimate of drug-likeness (QED) is 0.785. The number of morpholine rings is 1. The van der Waals surface area contributed by atoms with Gasteiger partial charge in [-0.15, -0.1) is 0 Å². The largest absolute Gasteiger partial charge is 0.457 e. The Bertz CT molecular complexity index is 363. The van der Waals surface area contributed by atoms with Crippen molar-refractivity contribution in [2.75, 3.05) is 19.8 Å². The summed E-state index contributed by atoms with van der Waals surface area (Å²) in [6.07, 6.45) is 1.47. The molecule has 1 saturated heterocycles. The van der Waals surface area contributed by atoms with Crippen LogP contribution in [0.3, 0.4) is 0 Å². The van der Waals surface area contributed by atoms with Crippen LogP contribution in [-0.2, 0) is 4.74 Å². The molecule has 2 rings (SSSR count). The van der Waals surface area contributed by atoms with E-state index in [0.717, 1.165) is 0 Å². The summed E-state index contributed by atoms with van der Waals surface area (Å²) < 4.78 is 10.9. The maximum Gasteiger partial charge on any atom is 0.257 e. The molecule has 1 aromatic rings. The van der Waals surface area contributed by atoms with Gasteiger partial charge in [0.15, 0.2) is 4.67 Å². The molecular weight excluding hydrogens is 262 g/mol. The summed E-state index contributed by atoms with van der Waals surface area (Å²) in [7, 11) is 0. The van der Waals surface area contributed by atoms with Gasteiger partial charge in [-0.3, -0.25) is 4.79 Å². The van der Waals surface area contributed by atoms with Crippen LogP contribution in [0, 0.1) is 0 Å². The van der Waals surface area contributed by atoms with Crippen molar-refractivity contribution in [2.24, 2.45) is 0 Å². The molecule has 2 heterocycles. The molecule has 0 N–H and O–H groups in total. The van der Waals surface area contributed by atoms with Crippen molar-refractivity contribution in [1.29, 1.82) is 0 Å². The fourth-order valence-corrected chi connectivity index (χ4v) is 1.96. The number of carbonyl (C=O) groups excluding carboxylic acids is 1. The number of rotatable bonds is 1. The minimum atomic E-state index is 0.000231. The van der Waals surface area contributed by atoms with Crippen LogP contribution in [0.5, 0.6) is 0 Å². The molecular formula is C10H12BrNO3. The van der Waals surface area contributed by atoms with Gasteiger partial charge >= 0.3 is 0 Å². The molecule has 1 amide bonds. The zero-order chi connectivity index (χ0) is 10.8. The van der Waals surface area contributed by atoms with Crippen molar-refractivity contribution in [2.45, 2.75) is 13.0 Å². The zero-order valence-electron chi connectivity index (χ0n) is 8.40. The maximum atomic E-state index is 12.0. The maximum absolute atomic E-state index is 12.0. The first-order chi connectivity index (χ1) is 7.18. The van der Waals surface area contributed by atoms with E-state index in [9.17, 15) is 4.79 Å². The Kier molecular flexibility index (Phi) is 3.11. The molecule has 1 aliphatic rings. The van der Waals surface area contributed by atoms with Gasteiger partial charge in [0.25, 0.3) is 5.91 Å². The molecule has 1 atom stereocenters. The number of nitrogens with zero attached hydrogens (tertiary/aromatic N) is 1.